The molecule has 8 heteroatoms. The number of H-pyrrole nitrogens is 1. The van der Waals surface area contributed by atoms with E-state index in [0.29, 0.717) is 0 Å². The van der Waals surface area contributed by atoms with Crippen molar-refractivity contribution < 1.29 is 9.53 Å². The van der Waals surface area contributed by atoms with E-state index in [2.05, 4.69) is 75.7 Å². The third-order valence-corrected chi connectivity index (χ3v) is 8.78. The van der Waals surface area contributed by atoms with Gasteiger partial charge in [0, 0.05) is 54.6 Å². The molecule has 4 aromatic rings. The molecule has 45 heavy (non-hydrogen) atoms. The largest absolute Gasteiger partial charge is 0.461 e. The topological polar surface area (TPSA) is 87.2 Å². The molecule has 0 bridgehead atoms. The van der Waals surface area contributed by atoms with Crippen LogP contribution in [0, 0.1) is 12.8 Å². The number of benzene rings is 1. The van der Waals surface area contributed by atoms with E-state index in [1.165, 1.54) is 5.57 Å². The number of carbonyl (C=O) groups excluding carboxylic acids is 1. The number of likely N-dealkylation sites (N-methyl/N-ethyl adjacent to an activating group) is 1. The van der Waals surface area contributed by atoms with Crippen molar-refractivity contribution in [2.75, 3.05) is 39.8 Å². The number of fused-ring (bicyclic) bond motifs is 1. The van der Waals surface area contributed by atoms with E-state index in [1.54, 1.807) is 6.33 Å². The van der Waals surface area contributed by atoms with Gasteiger partial charge in [-0.2, -0.15) is 0 Å². The summed E-state index contributed by atoms with van der Waals surface area (Å²) in [6.07, 6.45) is 12.6. The van der Waals surface area contributed by atoms with Gasteiger partial charge in [-0.05, 0) is 82.6 Å². The Morgan fingerprint density at radius 3 is 2.80 bits per heavy atom. The number of rotatable bonds is 9. The summed E-state index contributed by atoms with van der Waals surface area (Å²) >= 11 is 0. The Labute approximate surface area is 265 Å². The van der Waals surface area contributed by atoms with Crippen molar-refractivity contribution in [3.8, 4) is 22.6 Å². The number of imidazole rings is 1. The number of esters is 1. The maximum Gasteiger partial charge on any atom is 0.310 e. The van der Waals surface area contributed by atoms with E-state index in [0.717, 1.165) is 102 Å². The minimum Gasteiger partial charge on any atom is -0.461 e. The van der Waals surface area contributed by atoms with Crippen molar-refractivity contribution >= 4 is 22.4 Å². The first kappa shape index (κ1) is 30.6. The molecule has 2 saturated heterocycles. The number of nitrogens with zero attached hydrogens (tertiary/aromatic N) is 5. The molecule has 2 fully saturated rings. The fraction of sp³-hybridized carbons (Fsp3) is 0.351. The lowest BCUT2D eigenvalue weighted by atomic mass is 9.97. The summed E-state index contributed by atoms with van der Waals surface area (Å²) < 4.78 is 5.85. The SMILES string of the molecule is C=C/C(=C\C=C(/C)CN1CCC[C@H](C(=O)O[C@@H]2CCN(C)C2)C1)c1cnc2ccc(-c3nc[nH]c3-c3cccc(C)n3)cc2c1. The van der Waals surface area contributed by atoms with E-state index >= 15 is 0 Å². The van der Waals surface area contributed by atoms with E-state index in [4.69, 9.17) is 9.72 Å². The van der Waals surface area contributed by atoms with Gasteiger partial charge >= 0.3 is 5.97 Å². The van der Waals surface area contributed by atoms with E-state index < -0.39 is 0 Å². The Balaban J connectivity index is 1.15. The summed E-state index contributed by atoms with van der Waals surface area (Å²) in [4.78, 5) is 34.8. The molecule has 2 aliphatic heterocycles. The zero-order valence-corrected chi connectivity index (χ0v) is 26.5. The highest BCUT2D eigenvalue weighted by Crippen LogP contribution is 2.31. The van der Waals surface area contributed by atoms with E-state index in [1.807, 2.05) is 43.5 Å². The van der Waals surface area contributed by atoms with Gasteiger partial charge in [0.2, 0.25) is 0 Å². The molecule has 2 atom stereocenters. The number of aryl methyl sites for hydroxylation is 1. The highest BCUT2D eigenvalue weighted by Gasteiger charge is 2.30. The summed E-state index contributed by atoms with van der Waals surface area (Å²) in [5, 5.41) is 1.03. The first-order valence-electron chi connectivity index (χ1n) is 15.9. The van der Waals surface area contributed by atoms with Crippen LogP contribution in [-0.4, -0.2) is 81.6 Å². The molecule has 2 aliphatic rings. The molecule has 0 aliphatic carbocycles. The van der Waals surface area contributed by atoms with Crippen LogP contribution in [0.4, 0.5) is 0 Å². The molecule has 1 N–H and O–H groups in total. The van der Waals surface area contributed by atoms with Crippen LogP contribution < -0.4 is 0 Å². The Morgan fingerprint density at radius 2 is 2.00 bits per heavy atom. The van der Waals surface area contributed by atoms with Crippen LogP contribution in [0.3, 0.4) is 0 Å². The Kier molecular flexibility index (Phi) is 9.33. The van der Waals surface area contributed by atoms with Crippen molar-refractivity contribution in [2.24, 2.45) is 5.92 Å². The summed E-state index contributed by atoms with van der Waals surface area (Å²) in [5.41, 5.74) is 8.73. The fourth-order valence-electron chi connectivity index (χ4n) is 6.39. The first-order chi connectivity index (χ1) is 21.9. The highest BCUT2D eigenvalue weighted by atomic mass is 16.5. The predicted octanol–water partition coefficient (Wildman–Crippen LogP) is 6.47. The van der Waals surface area contributed by atoms with Gasteiger partial charge in [-0.25, -0.2) is 4.98 Å². The van der Waals surface area contributed by atoms with Crippen LogP contribution in [0.5, 0.6) is 0 Å². The normalized spacial score (nSPS) is 20.1. The molecule has 5 heterocycles. The van der Waals surface area contributed by atoms with Gasteiger partial charge in [-0.1, -0.05) is 42.5 Å². The number of nitrogens with one attached hydrogen (secondary N) is 1. The summed E-state index contributed by atoms with van der Waals surface area (Å²) in [6, 6.07) is 14.4. The number of aromatic amines is 1. The van der Waals surface area contributed by atoms with Gasteiger partial charge in [0.05, 0.1) is 34.8 Å². The lowest BCUT2D eigenvalue weighted by Crippen LogP contribution is -2.41. The fourth-order valence-corrected chi connectivity index (χ4v) is 6.39. The summed E-state index contributed by atoms with van der Waals surface area (Å²) in [6.45, 7) is 12.6. The lowest BCUT2D eigenvalue weighted by molar-refractivity contribution is -0.155. The number of allylic oxidation sites excluding steroid dienone is 4. The molecule has 0 amide bonds. The van der Waals surface area contributed by atoms with Crippen molar-refractivity contribution in [3.05, 3.63) is 96.6 Å². The molecule has 0 spiro atoms. The van der Waals surface area contributed by atoms with Crippen LogP contribution in [0.25, 0.3) is 39.1 Å². The first-order valence-corrected chi connectivity index (χ1v) is 15.9. The monoisotopic (exact) mass is 602 g/mol. The number of hydrogen-bond donors (Lipinski definition) is 1. The lowest BCUT2D eigenvalue weighted by Gasteiger charge is -2.32. The number of carbonyl (C=O) groups is 1. The summed E-state index contributed by atoms with van der Waals surface area (Å²) in [7, 11) is 2.08. The second-order valence-corrected chi connectivity index (χ2v) is 12.4. The van der Waals surface area contributed by atoms with Crippen molar-refractivity contribution in [2.45, 2.75) is 39.2 Å². The smallest absolute Gasteiger partial charge is 0.310 e. The number of hydrogen-bond acceptors (Lipinski definition) is 7. The van der Waals surface area contributed by atoms with Gasteiger partial charge < -0.3 is 14.6 Å². The third-order valence-electron chi connectivity index (χ3n) is 8.78. The molecule has 0 saturated carbocycles. The third kappa shape index (κ3) is 7.30. The Bertz CT molecular complexity index is 1750. The molecule has 3 aromatic heterocycles. The maximum atomic E-state index is 12.9. The summed E-state index contributed by atoms with van der Waals surface area (Å²) in [5.74, 6) is -0.0753. The van der Waals surface area contributed by atoms with Gasteiger partial charge in [-0.15, -0.1) is 0 Å². The van der Waals surface area contributed by atoms with Gasteiger partial charge in [0.1, 0.15) is 6.10 Å². The molecule has 0 unspecified atom stereocenters. The molecule has 8 nitrogen and oxygen atoms in total. The van der Waals surface area contributed by atoms with Crippen LogP contribution >= 0.6 is 0 Å². The van der Waals surface area contributed by atoms with Gasteiger partial charge in [0.25, 0.3) is 0 Å². The van der Waals surface area contributed by atoms with Crippen LogP contribution in [0.15, 0.2) is 85.4 Å². The number of pyridine rings is 2. The average molecular weight is 603 g/mol. The van der Waals surface area contributed by atoms with Gasteiger partial charge in [-0.3, -0.25) is 19.7 Å². The van der Waals surface area contributed by atoms with Crippen LogP contribution in [-0.2, 0) is 9.53 Å². The van der Waals surface area contributed by atoms with Crippen molar-refractivity contribution in [1.29, 1.82) is 0 Å². The zero-order chi connectivity index (χ0) is 31.3. The zero-order valence-electron chi connectivity index (χ0n) is 26.5. The number of piperidine rings is 1. The number of ether oxygens (including phenoxy) is 1. The van der Waals surface area contributed by atoms with Gasteiger partial charge in [0.15, 0.2) is 0 Å². The van der Waals surface area contributed by atoms with Crippen molar-refractivity contribution in [3.63, 3.8) is 0 Å². The average Bonchev–Trinajstić information content (AvgIpc) is 3.70. The second-order valence-electron chi connectivity index (χ2n) is 12.4. The van der Waals surface area contributed by atoms with E-state index in [9.17, 15) is 4.79 Å². The quantitative estimate of drug-likeness (QED) is 0.174. The minimum absolute atomic E-state index is 0.0298. The van der Waals surface area contributed by atoms with Crippen LogP contribution in [0.2, 0.25) is 0 Å². The second kappa shape index (κ2) is 13.7. The maximum absolute atomic E-state index is 12.9. The Morgan fingerprint density at radius 1 is 1.11 bits per heavy atom. The molecule has 0 radical (unpaired) electrons. The number of likely N-dealkylation sites (tertiary alicyclic amines) is 2. The molecular weight excluding hydrogens is 560 g/mol. The molecule has 1 aromatic carbocycles. The highest BCUT2D eigenvalue weighted by molar-refractivity contribution is 5.89. The van der Waals surface area contributed by atoms with Crippen LogP contribution in [0.1, 0.15) is 37.4 Å². The Hall–Kier alpha value is -4.40. The predicted molar refractivity (Wildman–Crippen MR) is 180 cm³/mol. The molecule has 6 rings (SSSR count). The van der Waals surface area contributed by atoms with Crippen molar-refractivity contribution in [1.82, 2.24) is 29.7 Å². The standard InChI is InChI=1S/C37H42N6O2/c1-5-27(12-11-25(2)21-43-16-7-9-29(22-43)37(44)45-32-15-17-42(4)23-32)31-19-30-18-28(13-14-33(30)38-20-31)35-36(40-24-39-35)34-10-6-8-26(3)41-34/h5-6,8,10-14,18-20,24,29,32H,1,7,9,15-17,21-23H2,2-4H3,(H,39,40)/b25-11+,27-12+/t29-,32+/m0/s1. The minimum atomic E-state index is -0.0454. The van der Waals surface area contributed by atoms with E-state index in [-0.39, 0.29) is 18.0 Å². The number of aromatic nitrogens is 4. The molecule has 232 valence electrons. The molecular formula is C37H42N6O2.